The molecular formula is C17H17CrO5P. The number of hydrogen-bond donors (Lipinski definition) is 1. The minimum atomic E-state index is -0.0665. The van der Waals surface area contributed by atoms with Crippen LogP contribution in [0.5, 0.6) is 11.2 Å². The van der Waals surface area contributed by atoms with Gasteiger partial charge in [-0.25, -0.2) is 0 Å². The molecule has 0 saturated carbocycles. The van der Waals surface area contributed by atoms with Crippen LogP contribution < -0.4 is 4.74 Å². The second-order valence-corrected chi connectivity index (χ2v) is 6.19. The van der Waals surface area contributed by atoms with Gasteiger partial charge in [-0.3, -0.25) is 0 Å². The minimum Gasteiger partial charge on any atom is 0 e. The molecule has 2 rings (SSSR count). The van der Waals surface area contributed by atoms with Crippen LogP contribution in [0.2, 0.25) is 0 Å². The van der Waals surface area contributed by atoms with Gasteiger partial charge in [-0.1, -0.05) is 45.0 Å². The summed E-state index contributed by atoms with van der Waals surface area (Å²) in [5, 5.41) is 13.2. The molecule has 1 N–H and O–H groups in total. The quantitative estimate of drug-likeness (QED) is 0.586. The van der Waals surface area contributed by atoms with Gasteiger partial charge in [0.15, 0.2) is 5.48 Å². The summed E-state index contributed by atoms with van der Waals surface area (Å²) in [6.07, 6.45) is 0. The second-order valence-electron chi connectivity index (χ2n) is 5.11. The zero-order chi connectivity index (χ0) is 18.6. The monoisotopic (exact) mass is 384 g/mol. The first-order valence-corrected chi connectivity index (χ1v) is 7.12. The SMILES string of the molecule is COc1pc(C(C)(C)C)c(O)c2ccccc12.[C-]#[O+].[C-]#[O+].[C-]#[O+].[Cr]. The van der Waals surface area contributed by atoms with Crippen molar-refractivity contribution in [3.63, 3.8) is 0 Å². The molecule has 0 aliphatic rings. The van der Waals surface area contributed by atoms with Gasteiger partial charge in [0.1, 0.15) is 5.75 Å². The van der Waals surface area contributed by atoms with Crippen molar-refractivity contribution in [1.82, 2.24) is 0 Å². The van der Waals surface area contributed by atoms with E-state index in [1.54, 1.807) is 7.11 Å². The van der Waals surface area contributed by atoms with E-state index >= 15 is 0 Å². The first kappa shape index (κ1) is 27.3. The van der Waals surface area contributed by atoms with E-state index in [0.717, 1.165) is 29.7 Å². The average molecular weight is 384 g/mol. The van der Waals surface area contributed by atoms with Crippen molar-refractivity contribution in [2.75, 3.05) is 7.11 Å². The molecule has 1 heterocycles. The maximum absolute atomic E-state index is 10.4. The molecule has 126 valence electrons. The van der Waals surface area contributed by atoms with Gasteiger partial charge in [-0.2, -0.15) is 0 Å². The van der Waals surface area contributed by atoms with Gasteiger partial charge in [-0.15, -0.1) is 0 Å². The Morgan fingerprint density at radius 2 is 1.38 bits per heavy atom. The Bertz CT molecular complexity index is 673. The van der Waals surface area contributed by atoms with Crippen LogP contribution in [0.15, 0.2) is 24.3 Å². The van der Waals surface area contributed by atoms with Gasteiger partial charge in [0, 0.05) is 33.4 Å². The Morgan fingerprint density at radius 1 is 0.958 bits per heavy atom. The first-order valence-electron chi connectivity index (χ1n) is 6.22. The van der Waals surface area contributed by atoms with Crippen molar-refractivity contribution in [3.05, 3.63) is 49.5 Å². The van der Waals surface area contributed by atoms with Gasteiger partial charge in [0.25, 0.3) is 0 Å². The van der Waals surface area contributed by atoms with E-state index in [1.165, 1.54) is 0 Å². The Balaban J connectivity index is -0.000000569. The van der Waals surface area contributed by atoms with E-state index < -0.39 is 0 Å². The van der Waals surface area contributed by atoms with Gasteiger partial charge in [0.05, 0.1) is 7.11 Å². The Morgan fingerprint density at radius 3 is 1.75 bits per heavy atom. The molecule has 0 fully saturated rings. The Labute approximate surface area is 154 Å². The van der Waals surface area contributed by atoms with E-state index in [4.69, 9.17) is 18.7 Å². The summed E-state index contributed by atoms with van der Waals surface area (Å²) in [6.45, 7) is 19.8. The molecule has 0 atom stereocenters. The standard InChI is InChI=1S/C14H17O2P.3CO.Cr/c1-14(2,3)12-11(15)9-7-5-6-8-10(9)13(16-4)17-12;3*1-2;/h5-8,15H,1-4H3;;;;. The van der Waals surface area contributed by atoms with E-state index in [2.05, 4.69) is 40.7 Å². The molecule has 0 spiro atoms. The molecular weight excluding hydrogens is 367 g/mol. The zero-order valence-electron chi connectivity index (χ0n) is 13.7. The molecule has 1 aromatic carbocycles. The van der Waals surface area contributed by atoms with Gasteiger partial charge >= 0.3 is 33.9 Å². The van der Waals surface area contributed by atoms with Crippen molar-refractivity contribution in [2.45, 2.75) is 26.2 Å². The number of aromatic hydroxyl groups is 1. The smallest absolute Gasteiger partial charge is 0 e. The van der Waals surface area contributed by atoms with Crippen molar-refractivity contribution in [1.29, 1.82) is 0 Å². The van der Waals surface area contributed by atoms with Crippen molar-refractivity contribution in [3.8, 4) is 11.2 Å². The third-order valence-corrected chi connectivity index (χ3v) is 4.49. The maximum atomic E-state index is 10.4. The maximum Gasteiger partial charge on any atom is 0 e. The number of ether oxygens (including phenoxy) is 1. The third kappa shape index (κ3) is 6.93. The fourth-order valence-corrected chi connectivity index (χ4v) is 3.07. The van der Waals surface area contributed by atoms with Gasteiger partial charge in [0.2, 0.25) is 0 Å². The van der Waals surface area contributed by atoms with Crippen LogP contribution in [0.3, 0.4) is 0 Å². The normalized spacial score (nSPS) is 8.92. The molecule has 1 aromatic heterocycles. The summed E-state index contributed by atoms with van der Waals surface area (Å²) in [5.74, 6) is 0.399. The second kappa shape index (κ2) is 13.9. The molecule has 0 radical (unpaired) electrons. The van der Waals surface area contributed by atoms with Crippen LogP contribution in [0, 0.1) is 20.0 Å². The van der Waals surface area contributed by atoms with Crippen LogP contribution >= 0.6 is 8.19 Å². The topological polar surface area (TPSA) is 89.2 Å². The molecule has 0 bridgehead atoms. The summed E-state index contributed by atoms with van der Waals surface area (Å²) in [7, 11) is 2.64. The number of benzene rings is 1. The predicted molar refractivity (Wildman–Crippen MR) is 85.2 cm³/mol. The van der Waals surface area contributed by atoms with Crippen LogP contribution in [0.1, 0.15) is 26.1 Å². The van der Waals surface area contributed by atoms with E-state index in [9.17, 15) is 5.11 Å². The average Bonchev–Trinajstić information content (AvgIpc) is 2.60. The molecule has 0 amide bonds. The zero-order valence-corrected chi connectivity index (χ0v) is 15.9. The van der Waals surface area contributed by atoms with Crippen molar-refractivity contribution >= 4 is 19.0 Å². The van der Waals surface area contributed by atoms with Crippen molar-refractivity contribution in [2.24, 2.45) is 0 Å². The Kier molecular flexibility index (Phi) is 15.8. The molecule has 0 aliphatic heterocycles. The summed E-state index contributed by atoms with van der Waals surface area (Å²) in [4.78, 5) is 0. The summed E-state index contributed by atoms with van der Waals surface area (Å²) in [5.41, 5.74) is 0.839. The van der Waals surface area contributed by atoms with E-state index in [1.807, 2.05) is 24.3 Å². The van der Waals surface area contributed by atoms with E-state index in [-0.39, 0.29) is 22.8 Å². The largest absolute Gasteiger partial charge is 0 e. The molecule has 7 heteroatoms. The van der Waals surface area contributed by atoms with Crippen LogP contribution in [-0.2, 0) is 36.7 Å². The fraction of sp³-hybridized carbons (Fsp3) is 0.294. The summed E-state index contributed by atoms with van der Waals surface area (Å²) >= 11 is 0. The molecule has 2 aromatic rings. The molecule has 0 saturated heterocycles. The van der Waals surface area contributed by atoms with Crippen LogP contribution in [-0.4, -0.2) is 12.2 Å². The van der Waals surface area contributed by atoms with E-state index in [0.29, 0.717) is 5.75 Å². The molecule has 24 heavy (non-hydrogen) atoms. The van der Waals surface area contributed by atoms with Crippen molar-refractivity contribution < 1.29 is 41.2 Å². The Hall–Kier alpha value is -1.52. The van der Waals surface area contributed by atoms with Crippen LogP contribution in [0.4, 0.5) is 0 Å². The minimum absolute atomic E-state index is 0. The predicted octanol–water partition coefficient (Wildman–Crippen LogP) is 4.32. The van der Waals surface area contributed by atoms with Gasteiger partial charge < -0.3 is 9.84 Å². The number of methoxy groups -OCH3 is 1. The summed E-state index contributed by atoms with van der Waals surface area (Å²) < 4.78 is 28.0. The number of fused-ring (bicyclic) bond motifs is 1. The number of hydrogen-bond acceptors (Lipinski definition) is 2. The molecule has 5 nitrogen and oxygen atoms in total. The fourth-order valence-electron chi connectivity index (χ4n) is 1.90. The van der Waals surface area contributed by atoms with Crippen LogP contribution in [0.25, 0.3) is 10.8 Å². The molecule has 0 unspecified atom stereocenters. The third-order valence-electron chi connectivity index (χ3n) is 2.75. The molecule has 0 aliphatic carbocycles. The number of rotatable bonds is 1. The first-order chi connectivity index (χ1) is 10.9. The summed E-state index contributed by atoms with van der Waals surface area (Å²) in [6, 6.07) is 7.81. The van der Waals surface area contributed by atoms with Gasteiger partial charge in [-0.05, 0) is 13.6 Å².